The van der Waals surface area contributed by atoms with Crippen molar-refractivity contribution in [1.29, 1.82) is 0 Å². The molecule has 0 unspecified atom stereocenters. The highest BCUT2D eigenvalue weighted by atomic mass is 19.1. The first-order valence-electron chi connectivity index (χ1n) is 4.97. The molecule has 0 aliphatic heterocycles. The molecule has 15 heavy (non-hydrogen) atoms. The molecule has 2 rings (SSSR count). The van der Waals surface area contributed by atoms with E-state index in [2.05, 4.69) is 10.2 Å². The summed E-state index contributed by atoms with van der Waals surface area (Å²) >= 11 is 0. The molecule has 1 aromatic carbocycles. The van der Waals surface area contributed by atoms with Crippen LogP contribution in [0.5, 0.6) is 0 Å². The number of aromatic amines is 1. The van der Waals surface area contributed by atoms with Gasteiger partial charge in [0.15, 0.2) is 0 Å². The van der Waals surface area contributed by atoms with Gasteiger partial charge in [0.25, 0.3) is 0 Å². The van der Waals surface area contributed by atoms with Crippen LogP contribution in [-0.2, 0) is 0 Å². The molecule has 1 aromatic heterocycles. The summed E-state index contributed by atoms with van der Waals surface area (Å²) in [6.07, 6.45) is 3.49. The monoisotopic (exact) mass is 204 g/mol. The molecule has 0 aliphatic rings. The van der Waals surface area contributed by atoms with Crippen LogP contribution in [0.25, 0.3) is 11.1 Å². The highest BCUT2D eigenvalue weighted by molar-refractivity contribution is 5.66. The van der Waals surface area contributed by atoms with Crippen LogP contribution in [0, 0.1) is 5.82 Å². The number of rotatable bonds is 2. The van der Waals surface area contributed by atoms with Crippen LogP contribution in [0.15, 0.2) is 30.6 Å². The second kappa shape index (κ2) is 3.85. The number of nitrogens with one attached hydrogen (secondary N) is 1. The highest BCUT2D eigenvalue weighted by Crippen LogP contribution is 2.30. The Hall–Kier alpha value is -1.64. The molecule has 0 amide bonds. The lowest BCUT2D eigenvalue weighted by molar-refractivity contribution is 0.599. The van der Waals surface area contributed by atoms with Crippen LogP contribution in [0.2, 0.25) is 0 Å². The Labute approximate surface area is 88.1 Å². The van der Waals surface area contributed by atoms with E-state index in [1.807, 2.05) is 19.9 Å². The first-order valence-corrected chi connectivity index (χ1v) is 4.97. The van der Waals surface area contributed by atoms with Crippen LogP contribution < -0.4 is 0 Å². The van der Waals surface area contributed by atoms with Crippen LogP contribution in [-0.4, -0.2) is 10.2 Å². The third-order valence-electron chi connectivity index (χ3n) is 2.44. The summed E-state index contributed by atoms with van der Waals surface area (Å²) in [6.45, 7) is 3.98. The van der Waals surface area contributed by atoms with Crippen molar-refractivity contribution in [1.82, 2.24) is 10.2 Å². The van der Waals surface area contributed by atoms with E-state index in [9.17, 15) is 4.39 Å². The fourth-order valence-corrected chi connectivity index (χ4v) is 1.77. The minimum atomic E-state index is -0.149. The molecule has 0 bridgehead atoms. The largest absolute Gasteiger partial charge is 0.285 e. The third-order valence-corrected chi connectivity index (χ3v) is 2.44. The van der Waals surface area contributed by atoms with Crippen LogP contribution >= 0.6 is 0 Å². The zero-order chi connectivity index (χ0) is 10.8. The lowest BCUT2D eigenvalue weighted by Gasteiger charge is -2.12. The van der Waals surface area contributed by atoms with Crippen molar-refractivity contribution in [3.63, 3.8) is 0 Å². The Kier molecular flexibility index (Phi) is 2.54. The summed E-state index contributed by atoms with van der Waals surface area (Å²) in [5, 5.41) is 6.62. The molecule has 0 saturated heterocycles. The van der Waals surface area contributed by atoms with Gasteiger partial charge in [-0.25, -0.2) is 4.39 Å². The number of halogens is 1. The second-order valence-corrected chi connectivity index (χ2v) is 3.84. The van der Waals surface area contributed by atoms with Gasteiger partial charge in [0, 0.05) is 11.8 Å². The van der Waals surface area contributed by atoms with Crippen molar-refractivity contribution in [2.75, 3.05) is 0 Å². The molecule has 2 aromatic rings. The van der Waals surface area contributed by atoms with E-state index in [4.69, 9.17) is 0 Å². The summed E-state index contributed by atoms with van der Waals surface area (Å²) in [4.78, 5) is 0. The minimum Gasteiger partial charge on any atom is -0.285 e. The maximum atomic E-state index is 13.7. The van der Waals surface area contributed by atoms with Crippen molar-refractivity contribution in [2.24, 2.45) is 0 Å². The number of hydrogen-bond acceptors (Lipinski definition) is 1. The van der Waals surface area contributed by atoms with Crippen molar-refractivity contribution in [3.05, 3.63) is 42.0 Å². The minimum absolute atomic E-state index is 0.149. The zero-order valence-corrected chi connectivity index (χ0v) is 8.79. The topological polar surface area (TPSA) is 28.7 Å². The quantitative estimate of drug-likeness (QED) is 0.798. The number of nitrogens with zero attached hydrogens (tertiary/aromatic N) is 1. The summed E-state index contributed by atoms with van der Waals surface area (Å²) in [5.41, 5.74) is 2.59. The van der Waals surface area contributed by atoms with E-state index in [0.29, 0.717) is 0 Å². The number of aromatic nitrogens is 2. The average Bonchev–Trinajstić information content (AvgIpc) is 2.69. The van der Waals surface area contributed by atoms with E-state index in [-0.39, 0.29) is 11.7 Å². The maximum absolute atomic E-state index is 13.7. The Morgan fingerprint density at radius 3 is 2.73 bits per heavy atom. The zero-order valence-electron chi connectivity index (χ0n) is 8.79. The Morgan fingerprint density at radius 1 is 1.33 bits per heavy atom. The lowest BCUT2D eigenvalue weighted by atomic mass is 9.93. The van der Waals surface area contributed by atoms with Gasteiger partial charge in [-0.3, -0.25) is 5.10 Å². The van der Waals surface area contributed by atoms with E-state index >= 15 is 0 Å². The molecule has 2 nitrogen and oxygen atoms in total. The fourth-order valence-electron chi connectivity index (χ4n) is 1.77. The standard InChI is InChI=1S/C12H13FN2/c1-8(2)12-10(4-3-5-11(12)13)9-6-14-15-7-9/h3-8H,1-2H3,(H,14,15). The molecule has 0 fully saturated rings. The molecule has 0 spiro atoms. The van der Waals surface area contributed by atoms with Crippen molar-refractivity contribution >= 4 is 0 Å². The molecular formula is C12H13FN2. The van der Waals surface area contributed by atoms with E-state index < -0.39 is 0 Å². The van der Waals surface area contributed by atoms with Gasteiger partial charge < -0.3 is 0 Å². The number of hydrogen-bond donors (Lipinski definition) is 1. The SMILES string of the molecule is CC(C)c1c(F)cccc1-c1cn[nH]c1. The normalized spacial score (nSPS) is 10.9. The predicted molar refractivity (Wildman–Crippen MR) is 58.1 cm³/mol. The highest BCUT2D eigenvalue weighted by Gasteiger charge is 2.13. The molecule has 0 atom stereocenters. The third kappa shape index (κ3) is 1.77. The molecule has 3 heteroatoms. The van der Waals surface area contributed by atoms with Crippen molar-refractivity contribution in [3.8, 4) is 11.1 Å². The smallest absolute Gasteiger partial charge is 0.127 e. The van der Waals surface area contributed by atoms with E-state index in [1.165, 1.54) is 6.07 Å². The van der Waals surface area contributed by atoms with Crippen LogP contribution in [0.1, 0.15) is 25.3 Å². The maximum Gasteiger partial charge on any atom is 0.127 e. The lowest BCUT2D eigenvalue weighted by Crippen LogP contribution is -1.96. The summed E-state index contributed by atoms with van der Waals surface area (Å²) in [5.74, 6) is 0.0137. The molecule has 78 valence electrons. The molecule has 0 saturated carbocycles. The van der Waals surface area contributed by atoms with Gasteiger partial charge in [-0.2, -0.15) is 5.10 Å². The van der Waals surface area contributed by atoms with Crippen molar-refractivity contribution in [2.45, 2.75) is 19.8 Å². The summed E-state index contributed by atoms with van der Waals surface area (Å²) in [7, 11) is 0. The summed E-state index contributed by atoms with van der Waals surface area (Å²) < 4.78 is 13.7. The van der Waals surface area contributed by atoms with Crippen molar-refractivity contribution < 1.29 is 4.39 Å². The Balaban J connectivity index is 2.61. The Morgan fingerprint density at radius 2 is 2.13 bits per heavy atom. The van der Waals surface area contributed by atoms with Gasteiger partial charge in [0.2, 0.25) is 0 Å². The second-order valence-electron chi connectivity index (χ2n) is 3.84. The summed E-state index contributed by atoms with van der Waals surface area (Å²) in [6, 6.07) is 5.14. The molecule has 0 aliphatic carbocycles. The van der Waals surface area contributed by atoms with Gasteiger partial charge in [0.05, 0.1) is 6.20 Å². The van der Waals surface area contributed by atoms with Gasteiger partial charge in [-0.05, 0) is 23.1 Å². The fraction of sp³-hybridized carbons (Fsp3) is 0.250. The van der Waals surface area contributed by atoms with Crippen LogP contribution in [0.3, 0.4) is 0 Å². The van der Waals surface area contributed by atoms with E-state index in [0.717, 1.165) is 16.7 Å². The molecule has 1 N–H and O–H groups in total. The first-order chi connectivity index (χ1) is 7.20. The molecule has 0 radical (unpaired) electrons. The molecular weight excluding hydrogens is 191 g/mol. The average molecular weight is 204 g/mol. The van der Waals surface area contributed by atoms with Crippen LogP contribution in [0.4, 0.5) is 4.39 Å². The van der Waals surface area contributed by atoms with Gasteiger partial charge in [-0.1, -0.05) is 26.0 Å². The Bertz CT molecular complexity index is 447. The van der Waals surface area contributed by atoms with Gasteiger partial charge in [0.1, 0.15) is 5.82 Å². The first kappa shape index (κ1) is 9.90. The molecule has 1 heterocycles. The number of benzene rings is 1. The predicted octanol–water partition coefficient (Wildman–Crippen LogP) is 3.34. The number of H-pyrrole nitrogens is 1. The van der Waals surface area contributed by atoms with Gasteiger partial charge in [-0.15, -0.1) is 0 Å². The van der Waals surface area contributed by atoms with E-state index in [1.54, 1.807) is 18.5 Å². The van der Waals surface area contributed by atoms with Gasteiger partial charge >= 0.3 is 0 Å².